The zero-order valence-electron chi connectivity index (χ0n) is 14.5. The van der Waals surface area contributed by atoms with Gasteiger partial charge in [0, 0.05) is 38.6 Å². The first-order chi connectivity index (χ1) is 12.7. The van der Waals surface area contributed by atoms with Crippen LogP contribution in [0.4, 0.5) is 11.6 Å². The fraction of sp³-hybridized carbons (Fsp3) is 0.353. The van der Waals surface area contributed by atoms with Gasteiger partial charge in [0.05, 0.1) is 23.0 Å². The number of aromatic nitrogens is 4. The Morgan fingerprint density at radius 3 is 2.46 bits per heavy atom. The molecule has 26 heavy (non-hydrogen) atoms. The minimum atomic E-state index is -0.520. The quantitative estimate of drug-likeness (QED) is 0.647. The molecule has 8 nitrogen and oxygen atoms in total. The Labute approximate surface area is 154 Å². The van der Waals surface area contributed by atoms with Crippen molar-refractivity contribution in [3.8, 4) is 0 Å². The third kappa shape index (κ3) is 2.94. The molecule has 1 aliphatic heterocycles. The molecule has 3 aromatic heterocycles. The van der Waals surface area contributed by atoms with Gasteiger partial charge < -0.3 is 14.5 Å². The van der Waals surface area contributed by atoms with Gasteiger partial charge >= 0.3 is 5.97 Å². The first-order valence-electron chi connectivity index (χ1n) is 8.28. The highest BCUT2D eigenvalue weighted by molar-refractivity contribution is 7.17. The third-order valence-corrected chi connectivity index (χ3v) is 5.29. The second kappa shape index (κ2) is 6.83. The lowest BCUT2D eigenvalue weighted by molar-refractivity contribution is 0.0587. The van der Waals surface area contributed by atoms with Crippen molar-refractivity contribution in [2.24, 2.45) is 0 Å². The molecule has 0 unspecified atom stereocenters. The van der Waals surface area contributed by atoms with E-state index in [9.17, 15) is 4.79 Å². The third-order valence-electron chi connectivity index (χ3n) is 4.39. The molecule has 4 heterocycles. The zero-order chi connectivity index (χ0) is 18.1. The van der Waals surface area contributed by atoms with Crippen LogP contribution < -0.4 is 9.80 Å². The molecule has 1 aliphatic rings. The number of methoxy groups -OCH3 is 1. The number of ether oxygens (including phenoxy) is 1. The average Bonchev–Trinajstić information content (AvgIpc) is 3.16. The van der Waals surface area contributed by atoms with Crippen molar-refractivity contribution < 1.29 is 9.53 Å². The fourth-order valence-electron chi connectivity index (χ4n) is 3.09. The fourth-order valence-corrected chi connectivity index (χ4v) is 3.93. The normalized spacial score (nSPS) is 14.7. The first-order valence-corrected chi connectivity index (χ1v) is 9.16. The molecule has 0 spiro atoms. The number of piperazine rings is 1. The number of carbonyl (C=O) groups is 1. The van der Waals surface area contributed by atoms with Crippen LogP contribution in [-0.2, 0) is 4.74 Å². The van der Waals surface area contributed by atoms with Crippen molar-refractivity contribution >= 4 is 39.2 Å². The van der Waals surface area contributed by atoms with Gasteiger partial charge in [-0.15, -0.1) is 11.3 Å². The summed E-state index contributed by atoms with van der Waals surface area (Å²) in [5, 5.41) is 1.96. The summed E-state index contributed by atoms with van der Waals surface area (Å²) in [7, 11) is 1.34. The van der Waals surface area contributed by atoms with Gasteiger partial charge in [0.25, 0.3) is 0 Å². The highest BCUT2D eigenvalue weighted by Crippen LogP contribution is 2.30. The Bertz CT molecular complexity index is 951. The SMILES string of the molecule is COC(=O)c1nc(N2CCN(c3nccnc3C)CC2)c2sccc2n1. The smallest absolute Gasteiger partial charge is 0.376 e. The Morgan fingerprint density at radius 1 is 1.08 bits per heavy atom. The lowest BCUT2D eigenvalue weighted by Crippen LogP contribution is -2.47. The lowest BCUT2D eigenvalue weighted by Gasteiger charge is -2.36. The van der Waals surface area contributed by atoms with Gasteiger partial charge in [0.2, 0.25) is 5.82 Å². The highest BCUT2D eigenvalue weighted by atomic mass is 32.1. The maximum absolute atomic E-state index is 11.9. The van der Waals surface area contributed by atoms with Crippen LogP contribution in [0.15, 0.2) is 23.8 Å². The second-order valence-corrected chi connectivity index (χ2v) is 6.85. The van der Waals surface area contributed by atoms with Gasteiger partial charge in [-0.3, -0.25) is 4.98 Å². The van der Waals surface area contributed by atoms with Gasteiger partial charge in [0.15, 0.2) is 5.82 Å². The number of nitrogens with zero attached hydrogens (tertiary/aromatic N) is 6. The van der Waals surface area contributed by atoms with Crippen molar-refractivity contribution in [1.82, 2.24) is 19.9 Å². The predicted molar refractivity (Wildman–Crippen MR) is 99.9 cm³/mol. The van der Waals surface area contributed by atoms with E-state index >= 15 is 0 Å². The lowest BCUT2D eigenvalue weighted by atomic mass is 10.2. The van der Waals surface area contributed by atoms with E-state index in [1.807, 2.05) is 18.4 Å². The summed E-state index contributed by atoms with van der Waals surface area (Å²) in [6.45, 7) is 5.14. The van der Waals surface area contributed by atoms with Crippen LogP contribution >= 0.6 is 11.3 Å². The molecule has 0 N–H and O–H groups in total. The summed E-state index contributed by atoms with van der Waals surface area (Å²) < 4.78 is 5.78. The molecule has 0 radical (unpaired) electrons. The van der Waals surface area contributed by atoms with Gasteiger partial charge in [-0.1, -0.05) is 0 Å². The van der Waals surface area contributed by atoms with Crippen LogP contribution in [-0.4, -0.2) is 59.2 Å². The summed E-state index contributed by atoms with van der Waals surface area (Å²) >= 11 is 1.58. The molecule has 1 fully saturated rings. The molecule has 0 saturated carbocycles. The topological polar surface area (TPSA) is 84.3 Å². The molecule has 0 amide bonds. The van der Waals surface area contributed by atoms with Crippen LogP contribution in [0.5, 0.6) is 0 Å². The van der Waals surface area contributed by atoms with E-state index in [4.69, 9.17) is 4.74 Å². The molecule has 4 rings (SSSR count). The number of esters is 1. The largest absolute Gasteiger partial charge is 0.463 e. The molecular formula is C17H18N6O2S. The van der Waals surface area contributed by atoms with Crippen molar-refractivity contribution in [2.75, 3.05) is 43.1 Å². The maximum atomic E-state index is 11.9. The molecule has 134 valence electrons. The number of thiophene rings is 1. The molecular weight excluding hydrogens is 352 g/mol. The van der Waals surface area contributed by atoms with E-state index in [0.29, 0.717) is 0 Å². The Hall–Kier alpha value is -2.81. The van der Waals surface area contributed by atoms with E-state index < -0.39 is 5.97 Å². The maximum Gasteiger partial charge on any atom is 0.376 e. The monoisotopic (exact) mass is 370 g/mol. The Morgan fingerprint density at radius 2 is 1.77 bits per heavy atom. The van der Waals surface area contributed by atoms with Crippen molar-refractivity contribution in [1.29, 1.82) is 0 Å². The van der Waals surface area contributed by atoms with Crippen molar-refractivity contribution in [3.63, 3.8) is 0 Å². The number of hydrogen-bond acceptors (Lipinski definition) is 9. The van der Waals surface area contributed by atoms with Gasteiger partial charge in [0.1, 0.15) is 5.82 Å². The summed E-state index contributed by atoms with van der Waals surface area (Å²) in [6.07, 6.45) is 3.43. The van der Waals surface area contributed by atoms with Crippen LogP contribution in [0.3, 0.4) is 0 Å². The number of aryl methyl sites for hydroxylation is 1. The molecule has 3 aromatic rings. The van der Waals surface area contributed by atoms with Gasteiger partial charge in [-0.2, -0.15) is 0 Å². The number of anilines is 2. The molecule has 1 saturated heterocycles. The molecule has 9 heteroatoms. The molecule has 0 bridgehead atoms. The standard InChI is InChI=1S/C17H18N6O2S/c1-11-15(19-5-4-18-11)22-6-8-23(9-7-22)16-13-12(3-10-26-13)20-14(21-16)17(24)25-2/h3-5,10H,6-9H2,1-2H3. The average molecular weight is 370 g/mol. The predicted octanol–water partition coefficient (Wildman–Crippen LogP) is 1.90. The minimum absolute atomic E-state index is 0.0978. The van der Waals surface area contributed by atoms with E-state index in [1.165, 1.54) is 7.11 Å². The number of fused-ring (bicyclic) bond motifs is 1. The Balaban J connectivity index is 1.60. The van der Waals surface area contributed by atoms with Gasteiger partial charge in [-0.05, 0) is 18.4 Å². The highest BCUT2D eigenvalue weighted by Gasteiger charge is 2.24. The molecule has 0 aromatic carbocycles. The van der Waals surface area contributed by atoms with Crippen LogP contribution in [0.25, 0.3) is 10.2 Å². The Kier molecular flexibility index (Phi) is 4.37. The minimum Gasteiger partial charge on any atom is -0.463 e. The van der Waals surface area contributed by atoms with Crippen LogP contribution in [0, 0.1) is 6.92 Å². The van der Waals surface area contributed by atoms with E-state index in [1.54, 1.807) is 23.7 Å². The van der Waals surface area contributed by atoms with E-state index in [2.05, 4.69) is 29.7 Å². The van der Waals surface area contributed by atoms with Crippen LogP contribution in [0.2, 0.25) is 0 Å². The zero-order valence-corrected chi connectivity index (χ0v) is 15.4. The molecule has 0 atom stereocenters. The second-order valence-electron chi connectivity index (χ2n) is 5.94. The number of rotatable bonds is 3. The molecule has 0 aliphatic carbocycles. The van der Waals surface area contributed by atoms with Crippen molar-refractivity contribution in [3.05, 3.63) is 35.4 Å². The van der Waals surface area contributed by atoms with E-state index in [0.717, 1.165) is 53.7 Å². The van der Waals surface area contributed by atoms with Gasteiger partial charge in [-0.25, -0.2) is 19.7 Å². The summed E-state index contributed by atoms with van der Waals surface area (Å²) in [6, 6.07) is 1.90. The van der Waals surface area contributed by atoms with Crippen molar-refractivity contribution in [2.45, 2.75) is 6.92 Å². The van der Waals surface area contributed by atoms with E-state index in [-0.39, 0.29) is 5.82 Å². The first kappa shape index (κ1) is 16.6. The number of hydrogen-bond donors (Lipinski definition) is 0. The van der Waals surface area contributed by atoms with Crippen LogP contribution in [0.1, 0.15) is 16.3 Å². The summed E-state index contributed by atoms with van der Waals surface area (Å²) in [5.41, 5.74) is 1.70. The number of carbonyl (C=O) groups excluding carboxylic acids is 1. The summed E-state index contributed by atoms with van der Waals surface area (Å²) in [5.74, 6) is 1.29. The summed E-state index contributed by atoms with van der Waals surface area (Å²) in [4.78, 5) is 33.9.